The summed E-state index contributed by atoms with van der Waals surface area (Å²) in [5.41, 5.74) is 2.75. The van der Waals surface area contributed by atoms with Crippen LogP contribution in [0.25, 0.3) is 11.3 Å². The maximum atomic E-state index is 12.7. The van der Waals surface area contributed by atoms with E-state index in [0.717, 1.165) is 33.5 Å². The molecular weight excluding hydrogens is 432 g/mol. The predicted octanol–water partition coefficient (Wildman–Crippen LogP) is 5.96. The summed E-state index contributed by atoms with van der Waals surface area (Å²) in [5.74, 6) is -0.244. The number of nitrogens with zero attached hydrogens (tertiary/aromatic N) is 2. The maximum Gasteiger partial charge on any atom is 0.280 e. The zero-order chi connectivity index (χ0) is 18.7. The molecule has 0 saturated carbocycles. The van der Waals surface area contributed by atoms with Gasteiger partial charge in [0.15, 0.2) is 4.80 Å². The van der Waals surface area contributed by atoms with Crippen molar-refractivity contribution in [2.75, 3.05) is 0 Å². The summed E-state index contributed by atoms with van der Waals surface area (Å²) >= 11 is 11.0. The summed E-state index contributed by atoms with van der Waals surface area (Å²) in [7, 11) is 0. The molecule has 3 rings (SSSR count). The highest BCUT2D eigenvalue weighted by Crippen LogP contribution is 2.28. The molecule has 0 aliphatic rings. The molecule has 0 fully saturated rings. The normalized spacial score (nSPS) is 11.8. The first-order chi connectivity index (χ1) is 12.5. The number of thiazole rings is 1. The lowest BCUT2D eigenvalue weighted by Crippen LogP contribution is -2.17. The maximum absolute atomic E-state index is 12.7. The van der Waals surface area contributed by atoms with Crippen LogP contribution in [0.1, 0.15) is 29.1 Å². The lowest BCUT2D eigenvalue weighted by molar-refractivity contribution is 0.0997. The van der Waals surface area contributed by atoms with E-state index >= 15 is 0 Å². The van der Waals surface area contributed by atoms with Gasteiger partial charge in [0.1, 0.15) is 0 Å². The first-order valence-electron chi connectivity index (χ1n) is 8.37. The van der Waals surface area contributed by atoms with E-state index in [0.29, 0.717) is 10.6 Å². The Kier molecular flexibility index (Phi) is 6.12. The van der Waals surface area contributed by atoms with Crippen molar-refractivity contribution >= 4 is 44.8 Å². The lowest BCUT2D eigenvalue weighted by atomic mass is 10.1. The third-order valence-corrected chi connectivity index (χ3v) is 6.20. The molecule has 2 aromatic carbocycles. The topological polar surface area (TPSA) is 34.4 Å². The minimum Gasteiger partial charge on any atom is -0.316 e. The number of rotatable bonds is 4. The van der Waals surface area contributed by atoms with Crippen LogP contribution < -0.4 is 4.80 Å². The molecule has 134 valence electrons. The molecule has 0 spiro atoms. The first-order valence-corrected chi connectivity index (χ1v) is 10.4. The number of aryl methyl sites for hydroxylation is 1. The molecule has 26 heavy (non-hydrogen) atoms. The van der Waals surface area contributed by atoms with Crippen molar-refractivity contribution in [1.82, 2.24) is 4.57 Å². The molecule has 3 nitrogen and oxygen atoms in total. The average molecular weight is 450 g/mol. The molecule has 0 saturated heterocycles. The van der Waals surface area contributed by atoms with E-state index in [-0.39, 0.29) is 5.91 Å². The van der Waals surface area contributed by atoms with Crippen molar-refractivity contribution in [3.05, 3.63) is 73.3 Å². The number of carbonyl (C=O) groups excluding carboxylic acids is 1. The fraction of sp³-hybridized carbons (Fsp3) is 0.200. The molecule has 0 bridgehead atoms. The Hall–Kier alpha value is -1.69. The van der Waals surface area contributed by atoms with E-state index in [1.165, 1.54) is 4.88 Å². The van der Waals surface area contributed by atoms with Crippen molar-refractivity contribution in [2.45, 2.75) is 26.8 Å². The summed E-state index contributed by atoms with van der Waals surface area (Å²) < 4.78 is 2.85. The van der Waals surface area contributed by atoms with Crippen molar-refractivity contribution in [2.24, 2.45) is 4.99 Å². The van der Waals surface area contributed by atoms with Gasteiger partial charge in [-0.25, -0.2) is 0 Å². The van der Waals surface area contributed by atoms with Gasteiger partial charge in [-0.2, -0.15) is 4.99 Å². The average Bonchev–Trinajstić information content (AvgIpc) is 3.00. The quantitative estimate of drug-likeness (QED) is 0.484. The van der Waals surface area contributed by atoms with Crippen LogP contribution in [0.15, 0.2) is 58.0 Å². The Balaban J connectivity index is 2.15. The summed E-state index contributed by atoms with van der Waals surface area (Å²) in [4.78, 5) is 19.0. The Labute approximate surface area is 170 Å². The molecule has 1 heterocycles. The van der Waals surface area contributed by atoms with E-state index in [1.54, 1.807) is 17.4 Å². The third-order valence-electron chi connectivity index (χ3n) is 4.04. The summed E-state index contributed by atoms with van der Waals surface area (Å²) in [6.07, 6.45) is 0.876. The fourth-order valence-corrected chi connectivity index (χ4v) is 4.51. The minimum atomic E-state index is -0.244. The van der Waals surface area contributed by atoms with Crippen LogP contribution in [0.5, 0.6) is 0 Å². The number of amides is 1. The summed E-state index contributed by atoms with van der Waals surface area (Å²) in [6.45, 7) is 4.91. The van der Waals surface area contributed by atoms with Gasteiger partial charge in [-0.15, -0.1) is 11.3 Å². The molecule has 6 heteroatoms. The molecule has 0 unspecified atom stereocenters. The van der Waals surface area contributed by atoms with Crippen molar-refractivity contribution in [3.8, 4) is 11.3 Å². The summed E-state index contributed by atoms with van der Waals surface area (Å²) in [5, 5.41) is 0.707. The fourth-order valence-electron chi connectivity index (χ4n) is 2.78. The molecule has 0 aliphatic carbocycles. The van der Waals surface area contributed by atoms with Crippen LogP contribution in [0.3, 0.4) is 0 Å². The van der Waals surface area contributed by atoms with Gasteiger partial charge in [0.05, 0.1) is 11.3 Å². The monoisotopic (exact) mass is 448 g/mol. The second-order valence-corrected chi connectivity index (χ2v) is 8.01. The highest BCUT2D eigenvalue weighted by Gasteiger charge is 2.15. The molecule has 1 amide bonds. The van der Waals surface area contributed by atoms with E-state index in [1.807, 2.05) is 42.5 Å². The smallest absolute Gasteiger partial charge is 0.280 e. The van der Waals surface area contributed by atoms with Crippen LogP contribution in [-0.2, 0) is 13.0 Å². The third kappa shape index (κ3) is 3.85. The lowest BCUT2D eigenvalue weighted by Gasteiger charge is -2.08. The largest absolute Gasteiger partial charge is 0.316 e. The van der Waals surface area contributed by atoms with E-state index < -0.39 is 0 Å². The number of halogens is 2. The highest BCUT2D eigenvalue weighted by atomic mass is 79.9. The van der Waals surface area contributed by atoms with E-state index in [4.69, 9.17) is 11.6 Å². The van der Waals surface area contributed by atoms with Crippen LogP contribution in [0.2, 0.25) is 5.02 Å². The Morgan fingerprint density at radius 3 is 2.46 bits per heavy atom. The second-order valence-electron chi connectivity index (χ2n) is 5.66. The van der Waals surface area contributed by atoms with E-state index in [2.05, 4.69) is 39.3 Å². The van der Waals surface area contributed by atoms with Gasteiger partial charge in [-0.3, -0.25) is 4.79 Å². The number of hydrogen-bond acceptors (Lipinski definition) is 2. The zero-order valence-corrected chi connectivity index (χ0v) is 17.7. The second kappa shape index (κ2) is 8.33. The Morgan fingerprint density at radius 1 is 1.15 bits per heavy atom. The number of hydrogen-bond donors (Lipinski definition) is 0. The van der Waals surface area contributed by atoms with Crippen LogP contribution in [-0.4, -0.2) is 10.5 Å². The molecular formula is C20H18BrClN2OS. The number of carbonyl (C=O) groups is 1. The van der Waals surface area contributed by atoms with Crippen LogP contribution in [0, 0.1) is 0 Å². The SMILES string of the molecule is CCc1sc(=NC(=O)c2ccccc2Br)n(CC)c1-c1ccc(Cl)cc1. The molecule has 3 aromatic rings. The zero-order valence-electron chi connectivity index (χ0n) is 14.5. The van der Waals surface area contributed by atoms with Gasteiger partial charge >= 0.3 is 0 Å². The van der Waals surface area contributed by atoms with Gasteiger partial charge < -0.3 is 4.57 Å². The van der Waals surface area contributed by atoms with Gasteiger partial charge in [0, 0.05) is 20.9 Å². The van der Waals surface area contributed by atoms with Crippen molar-refractivity contribution in [3.63, 3.8) is 0 Å². The molecule has 0 aliphatic heterocycles. The molecule has 0 N–H and O–H groups in total. The molecule has 1 aromatic heterocycles. The van der Waals surface area contributed by atoms with Crippen LogP contribution >= 0.6 is 38.9 Å². The molecule has 0 atom stereocenters. The van der Waals surface area contributed by atoms with Gasteiger partial charge in [0.2, 0.25) is 0 Å². The molecule has 0 radical (unpaired) electrons. The van der Waals surface area contributed by atoms with Crippen LogP contribution in [0.4, 0.5) is 0 Å². The highest BCUT2D eigenvalue weighted by molar-refractivity contribution is 9.10. The Bertz CT molecular complexity index is 1010. The van der Waals surface area contributed by atoms with Crippen molar-refractivity contribution in [1.29, 1.82) is 0 Å². The number of aromatic nitrogens is 1. The predicted molar refractivity (Wildman–Crippen MR) is 112 cm³/mol. The van der Waals surface area contributed by atoms with Gasteiger partial charge in [-0.1, -0.05) is 42.8 Å². The summed E-state index contributed by atoms with van der Waals surface area (Å²) in [6, 6.07) is 15.1. The van der Waals surface area contributed by atoms with Crippen molar-refractivity contribution < 1.29 is 4.79 Å². The minimum absolute atomic E-state index is 0.244. The standard InChI is InChI=1S/C20H18BrClN2OS/c1-3-17-18(13-9-11-14(22)12-10-13)24(4-2)20(26-17)23-19(25)15-7-5-6-8-16(15)21/h5-12H,3-4H2,1-2H3. The number of benzene rings is 2. The Morgan fingerprint density at radius 2 is 1.85 bits per heavy atom. The van der Waals surface area contributed by atoms with Gasteiger partial charge in [0.25, 0.3) is 5.91 Å². The van der Waals surface area contributed by atoms with E-state index in [9.17, 15) is 4.79 Å². The van der Waals surface area contributed by atoms with Gasteiger partial charge in [-0.05, 0) is 59.1 Å². The first kappa shape index (κ1) is 19.1.